The minimum absolute atomic E-state index is 0.115. The van der Waals surface area contributed by atoms with Gasteiger partial charge in [-0.25, -0.2) is 8.42 Å². The van der Waals surface area contributed by atoms with Crippen molar-refractivity contribution in [3.63, 3.8) is 0 Å². The Morgan fingerprint density at radius 3 is 2.60 bits per heavy atom. The SMILES string of the molecule is COc1ccc(OCCCCS(=O)(=O)Cl)c([N+](=O)[O-])c1. The Bertz CT molecular complexity index is 574. The molecule has 0 N–H and O–H groups in total. The van der Waals surface area contributed by atoms with E-state index in [9.17, 15) is 18.5 Å². The van der Waals surface area contributed by atoms with Crippen LogP contribution in [-0.4, -0.2) is 32.8 Å². The lowest BCUT2D eigenvalue weighted by Gasteiger charge is -2.07. The molecule has 0 unspecified atom stereocenters. The van der Waals surface area contributed by atoms with E-state index in [0.29, 0.717) is 18.6 Å². The minimum atomic E-state index is -3.51. The number of nitro benzene ring substituents is 1. The molecule has 0 saturated carbocycles. The fourth-order valence-corrected chi connectivity index (χ4v) is 2.32. The van der Waals surface area contributed by atoms with Crippen LogP contribution in [0.3, 0.4) is 0 Å². The van der Waals surface area contributed by atoms with E-state index in [1.165, 1.54) is 19.2 Å². The molecule has 9 heteroatoms. The molecule has 0 aromatic heterocycles. The van der Waals surface area contributed by atoms with E-state index in [2.05, 4.69) is 0 Å². The second kappa shape index (κ2) is 7.30. The maximum absolute atomic E-state index is 10.9. The highest BCUT2D eigenvalue weighted by Crippen LogP contribution is 2.31. The molecule has 0 aliphatic rings. The molecular formula is C11H14ClNO6S. The van der Waals surface area contributed by atoms with Crippen LogP contribution in [0.2, 0.25) is 0 Å². The zero-order valence-electron chi connectivity index (χ0n) is 10.7. The third-order valence-electron chi connectivity index (χ3n) is 2.40. The first-order valence-electron chi connectivity index (χ1n) is 5.71. The summed E-state index contributed by atoms with van der Waals surface area (Å²) in [5.74, 6) is 0.324. The highest BCUT2D eigenvalue weighted by Gasteiger charge is 2.16. The van der Waals surface area contributed by atoms with Crippen molar-refractivity contribution >= 4 is 25.4 Å². The second-order valence-corrected chi connectivity index (χ2v) is 6.79. The lowest BCUT2D eigenvalue weighted by atomic mass is 10.2. The fraction of sp³-hybridized carbons (Fsp3) is 0.455. The van der Waals surface area contributed by atoms with Gasteiger partial charge in [0.15, 0.2) is 5.75 Å². The molecule has 0 saturated heterocycles. The van der Waals surface area contributed by atoms with Crippen molar-refractivity contribution in [2.45, 2.75) is 12.8 Å². The van der Waals surface area contributed by atoms with E-state index in [1.54, 1.807) is 6.07 Å². The first-order chi connectivity index (χ1) is 9.33. The van der Waals surface area contributed by atoms with Crippen molar-refractivity contribution in [2.24, 2.45) is 0 Å². The lowest BCUT2D eigenvalue weighted by molar-refractivity contribution is -0.385. The maximum atomic E-state index is 10.9. The van der Waals surface area contributed by atoms with Crippen LogP contribution in [0.5, 0.6) is 11.5 Å². The van der Waals surface area contributed by atoms with Gasteiger partial charge in [0.1, 0.15) is 5.75 Å². The molecule has 1 aromatic carbocycles. The number of unbranched alkanes of at least 4 members (excludes halogenated alkanes) is 1. The molecule has 0 bridgehead atoms. The Morgan fingerprint density at radius 2 is 2.05 bits per heavy atom. The van der Waals surface area contributed by atoms with Crippen LogP contribution in [-0.2, 0) is 9.05 Å². The number of halogens is 1. The molecule has 0 radical (unpaired) electrons. The topological polar surface area (TPSA) is 95.7 Å². The Balaban J connectivity index is 2.57. The number of hydrogen-bond acceptors (Lipinski definition) is 6. The molecule has 0 atom stereocenters. The van der Waals surface area contributed by atoms with E-state index >= 15 is 0 Å². The quantitative estimate of drug-likeness (QED) is 0.315. The molecule has 1 rings (SSSR count). The first-order valence-corrected chi connectivity index (χ1v) is 8.19. The molecule has 0 aliphatic heterocycles. The van der Waals surface area contributed by atoms with Gasteiger partial charge < -0.3 is 9.47 Å². The van der Waals surface area contributed by atoms with Crippen LogP contribution < -0.4 is 9.47 Å². The first kappa shape index (κ1) is 16.5. The maximum Gasteiger partial charge on any atom is 0.314 e. The Hall–Kier alpha value is -1.54. The molecule has 7 nitrogen and oxygen atoms in total. The Morgan fingerprint density at radius 1 is 1.35 bits per heavy atom. The second-order valence-electron chi connectivity index (χ2n) is 3.89. The predicted octanol–water partition coefficient (Wildman–Crippen LogP) is 2.33. The third-order valence-corrected chi connectivity index (χ3v) is 3.64. The molecule has 112 valence electrons. The molecule has 0 heterocycles. The van der Waals surface area contributed by atoms with Crippen molar-refractivity contribution in [3.05, 3.63) is 28.3 Å². The van der Waals surface area contributed by atoms with Gasteiger partial charge in [-0.2, -0.15) is 0 Å². The molecule has 0 amide bonds. The minimum Gasteiger partial charge on any atom is -0.496 e. The van der Waals surface area contributed by atoms with Gasteiger partial charge in [0, 0.05) is 10.7 Å². The summed E-state index contributed by atoms with van der Waals surface area (Å²) < 4.78 is 31.6. The van der Waals surface area contributed by atoms with Gasteiger partial charge in [-0.05, 0) is 25.0 Å². The zero-order valence-corrected chi connectivity index (χ0v) is 12.3. The summed E-state index contributed by atoms with van der Waals surface area (Å²) in [6.45, 7) is 0.166. The van der Waals surface area contributed by atoms with E-state index in [-0.39, 0.29) is 23.8 Å². The van der Waals surface area contributed by atoms with Gasteiger partial charge in [0.05, 0.1) is 30.5 Å². The summed E-state index contributed by atoms with van der Waals surface area (Å²) >= 11 is 0. The third kappa shape index (κ3) is 5.62. The van der Waals surface area contributed by atoms with Crippen LogP contribution in [0.4, 0.5) is 5.69 Å². The highest BCUT2D eigenvalue weighted by atomic mass is 35.7. The van der Waals surface area contributed by atoms with Gasteiger partial charge in [-0.3, -0.25) is 10.1 Å². The van der Waals surface area contributed by atoms with Gasteiger partial charge in [0.25, 0.3) is 0 Å². The van der Waals surface area contributed by atoms with Crippen LogP contribution in [0.25, 0.3) is 0 Å². The standard InChI is InChI=1S/C11H14ClNO6S/c1-18-9-4-5-11(10(8-9)13(14)15)19-6-2-3-7-20(12,16)17/h4-5,8H,2-3,6-7H2,1H3. The zero-order chi connectivity index (χ0) is 15.2. The lowest BCUT2D eigenvalue weighted by Crippen LogP contribution is -2.04. The van der Waals surface area contributed by atoms with Crippen LogP contribution in [0.15, 0.2) is 18.2 Å². The summed E-state index contributed by atoms with van der Waals surface area (Å²) in [5, 5.41) is 10.9. The van der Waals surface area contributed by atoms with Gasteiger partial charge in [0.2, 0.25) is 9.05 Å². The molecular weight excluding hydrogens is 310 g/mol. The number of rotatable bonds is 8. The normalized spacial score (nSPS) is 11.1. The number of hydrogen-bond donors (Lipinski definition) is 0. The summed E-state index contributed by atoms with van der Waals surface area (Å²) in [7, 11) is 2.96. The molecule has 0 fully saturated rings. The van der Waals surface area contributed by atoms with Gasteiger partial charge in [-0.15, -0.1) is 0 Å². The van der Waals surface area contributed by atoms with E-state index in [1.807, 2.05) is 0 Å². The number of benzene rings is 1. The van der Waals surface area contributed by atoms with Gasteiger partial charge >= 0.3 is 5.69 Å². The summed E-state index contributed by atoms with van der Waals surface area (Å²) in [6.07, 6.45) is 0.755. The predicted molar refractivity (Wildman–Crippen MR) is 74.0 cm³/mol. The van der Waals surface area contributed by atoms with Crippen LogP contribution >= 0.6 is 10.7 Å². The van der Waals surface area contributed by atoms with E-state index in [0.717, 1.165) is 0 Å². The Labute approximate surface area is 121 Å². The van der Waals surface area contributed by atoms with Crippen molar-refractivity contribution in [1.29, 1.82) is 0 Å². The van der Waals surface area contributed by atoms with Crippen molar-refractivity contribution in [3.8, 4) is 11.5 Å². The van der Waals surface area contributed by atoms with Crippen LogP contribution in [0.1, 0.15) is 12.8 Å². The molecule has 0 aliphatic carbocycles. The summed E-state index contributed by atoms with van der Waals surface area (Å²) in [6, 6.07) is 4.25. The van der Waals surface area contributed by atoms with Crippen molar-refractivity contribution in [1.82, 2.24) is 0 Å². The molecule has 20 heavy (non-hydrogen) atoms. The number of nitro groups is 1. The van der Waals surface area contributed by atoms with E-state index in [4.69, 9.17) is 20.2 Å². The molecule has 0 spiro atoms. The molecule has 1 aromatic rings. The number of ether oxygens (including phenoxy) is 2. The van der Waals surface area contributed by atoms with Crippen molar-refractivity contribution in [2.75, 3.05) is 19.5 Å². The summed E-state index contributed by atoms with van der Waals surface area (Å²) in [5.41, 5.74) is -0.200. The average molecular weight is 324 g/mol. The number of nitrogens with zero attached hydrogens (tertiary/aromatic N) is 1. The smallest absolute Gasteiger partial charge is 0.314 e. The van der Waals surface area contributed by atoms with Crippen LogP contribution in [0, 0.1) is 10.1 Å². The monoisotopic (exact) mass is 323 g/mol. The summed E-state index contributed by atoms with van der Waals surface area (Å²) in [4.78, 5) is 10.3. The average Bonchev–Trinajstić information content (AvgIpc) is 2.37. The Kier molecular flexibility index (Phi) is 6.03. The highest BCUT2D eigenvalue weighted by molar-refractivity contribution is 8.13. The number of methoxy groups -OCH3 is 1. The van der Waals surface area contributed by atoms with Gasteiger partial charge in [-0.1, -0.05) is 0 Å². The van der Waals surface area contributed by atoms with Crippen molar-refractivity contribution < 1.29 is 22.8 Å². The van der Waals surface area contributed by atoms with E-state index < -0.39 is 14.0 Å². The fourth-order valence-electron chi connectivity index (χ4n) is 1.45. The largest absolute Gasteiger partial charge is 0.496 e.